The van der Waals surface area contributed by atoms with Gasteiger partial charge in [0.15, 0.2) is 0 Å². The van der Waals surface area contributed by atoms with Crippen molar-refractivity contribution in [3.05, 3.63) is 114 Å². The van der Waals surface area contributed by atoms with Gasteiger partial charge in [0.1, 0.15) is 0 Å². The molecule has 0 N–H and O–H groups in total. The molecule has 2 heterocycles. The quantitative estimate of drug-likeness (QED) is 0.181. The van der Waals surface area contributed by atoms with Crippen LogP contribution in [0.4, 0.5) is 13.2 Å². The maximum Gasteiger partial charge on any atom is 0.394 e. The van der Waals surface area contributed by atoms with Gasteiger partial charge in [0.2, 0.25) is 0 Å². The van der Waals surface area contributed by atoms with Crippen LogP contribution in [-0.2, 0) is 17.3 Å². The summed E-state index contributed by atoms with van der Waals surface area (Å²) in [5, 5.41) is 3.72. The number of halogens is 3. The van der Waals surface area contributed by atoms with E-state index in [1.165, 1.54) is 50.7 Å². The first-order valence-electron chi connectivity index (χ1n) is 16.2. The molecule has 0 radical (unpaired) electrons. The van der Waals surface area contributed by atoms with Crippen molar-refractivity contribution < 1.29 is 13.2 Å². The van der Waals surface area contributed by atoms with E-state index >= 15 is 0 Å². The topological polar surface area (TPSA) is 12.9 Å². The molecule has 0 aliphatic heterocycles. The molecule has 0 bridgehead atoms. The normalized spacial score (nSPS) is 13.1. The second-order valence-corrected chi connectivity index (χ2v) is 16.4. The lowest BCUT2D eigenvalue weighted by Crippen LogP contribution is -2.34. The summed E-state index contributed by atoms with van der Waals surface area (Å²) < 4.78 is 41.5. The third kappa shape index (κ3) is 6.35. The van der Waals surface area contributed by atoms with E-state index in [0.29, 0.717) is 5.56 Å². The van der Waals surface area contributed by atoms with Gasteiger partial charge >= 0.3 is 6.18 Å². The summed E-state index contributed by atoms with van der Waals surface area (Å²) in [7, 11) is 0. The molecule has 0 aliphatic carbocycles. The summed E-state index contributed by atoms with van der Waals surface area (Å²) in [4.78, 5) is 6.21. The van der Waals surface area contributed by atoms with E-state index < -0.39 is 11.6 Å². The molecule has 5 heteroatoms. The Hall–Kier alpha value is -3.96. The largest absolute Gasteiger partial charge is 0.394 e. The van der Waals surface area contributed by atoms with Crippen LogP contribution in [0, 0.1) is 5.41 Å². The molecule has 0 fully saturated rings. The molecule has 0 amide bonds. The maximum atomic E-state index is 13.4. The van der Waals surface area contributed by atoms with Gasteiger partial charge in [0.05, 0.1) is 15.8 Å². The molecule has 2 aromatic heterocycles. The highest BCUT2D eigenvalue weighted by Gasteiger charge is 2.46. The predicted octanol–water partition coefficient (Wildman–Crippen LogP) is 13.2. The lowest BCUT2D eigenvalue weighted by molar-refractivity contribution is -0.211. The zero-order chi connectivity index (χ0) is 33.9. The number of alkyl halides is 3. The van der Waals surface area contributed by atoms with Crippen molar-refractivity contribution in [2.75, 3.05) is 0 Å². The average molecular weight is 650 g/mol. The summed E-state index contributed by atoms with van der Waals surface area (Å²) in [6, 6.07) is 31.4. The highest BCUT2D eigenvalue weighted by Crippen LogP contribution is 2.48. The van der Waals surface area contributed by atoms with Gasteiger partial charge < -0.3 is 0 Å². The van der Waals surface area contributed by atoms with Crippen molar-refractivity contribution in [2.45, 2.75) is 78.8 Å². The molecule has 0 atom stereocenters. The van der Waals surface area contributed by atoms with Crippen LogP contribution in [0.5, 0.6) is 0 Å². The van der Waals surface area contributed by atoms with E-state index in [1.54, 1.807) is 11.3 Å². The van der Waals surface area contributed by atoms with Gasteiger partial charge in [-0.2, -0.15) is 13.2 Å². The van der Waals surface area contributed by atoms with Gasteiger partial charge in [0.25, 0.3) is 0 Å². The fraction of sp³-hybridized carbons (Fsp3) is 0.310. The Kier molecular flexibility index (Phi) is 8.15. The van der Waals surface area contributed by atoms with Crippen molar-refractivity contribution in [2.24, 2.45) is 5.41 Å². The van der Waals surface area contributed by atoms with Crippen molar-refractivity contribution in [1.29, 1.82) is 0 Å². The number of thiophene rings is 1. The average Bonchev–Trinajstić information content (AvgIpc) is 3.41. The zero-order valence-electron chi connectivity index (χ0n) is 28.4. The predicted molar refractivity (Wildman–Crippen MR) is 194 cm³/mol. The van der Waals surface area contributed by atoms with Crippen LogP contribution in [-0.4, -0.2) is 11.2 Å². The monoisotopic (exact) mass is 649 g/mol. The molecule has 0 saturated carbocycles. The molecule has 0 saturated heterocycles. The number of pyridine rings is 1. The van der Waals surface area contributed by atoms with E-state index in [9.17, 15) is 13.2 Å². The van der Waals surface area contributed by atoms with E-state index in [-0.39, 0.29) is 17.3 Å². The molecule has 1 nitrogen and oxygen atoms in total. The Morgan fingerprint density at radius 1 is 0.617 bits per heavy atom. The summed E-state index contributed by atoms with van der Waals surface area (Å²) >= 11 is 1.80. The Morgan fingerprint density at radius 3 is 1.81 bits per heavy atom. The minimum Gasteiger partial charge on any atom is -0.255 e. The smallest absolute Gasteiger partial charge is 0.255 e. The first-order chi connectivity index (χ1) is 21.9. The number of hydrogen-bond acceptors (Lipinski definition) is 2. The molecule has 242 valence electrons. The van der Waals surface area contributed by atoms with Crippen LogP contribution in [0.2, 0.25) is 0 Å². The van der Waals surface area contributed by atoms with E-state index in [1.807, 2.05) is 30.5 Å². The highest BCUT2D eigenvalue weighted by atomic mass is 32.1. The lowest BCUT2D eigenvalue weighted by atomic mass is 9.82. The maximum absolute atomic E-state index is 13.4. The Morgan fingerprint density at radius 2 is 1.21 bits per heavy atom. The molecular formula is C42H42F3NS. The van der Waals surface area contributed by atoms with Gasteiger partial charge in [-0.25, -0.2) is 0 Å². The minimum absolute atomic E-state index is 0.0254. The minimum atomic E-state index is -4.25. The summed E-state index contributed by atoms with van der Waals surface area (Å²) in [5.41, 5.74) is 6.68. The van der Waals surface area contributed by atoms with E-state index in [0.717, 1.165) is 27.9 Å². The van der Waals surface area contributed by atoms with Gasteiger partial charge in [0, 0.05) is 22.0 Å². The van der Waals surface area contributed by atoms with Crippen LogP contribution in [0.3, 0.4) is 0 Å². The van der Waals surface area contributed by atoms with E-state index in [4.69, 9.17) is 4.98 Å². The Labute approximate surface area is 280 Å². The number of rotatable bonds is 5. The lowest BCUT2D eigenvalue weighted by Gasteiger charge is -2.27. The molecule has 0 spiro atoms. The molecular weight excluding hydrogens is 608 g/mol. The number of aromatic nitrogens is 1. The molecule has 6 aromatic rings. The molecule has 0 unspecified atom stereocenters. The van der Waals surface area contributed by atoms with Crippen LogP contribution in [0.15, 0.2) is 97.2 Å². The number of benzene rings is 4. The number of hydrogen-bond donors (Lipinski definition) is 0. The summed E-state index contributed by atoms with van der Waals surface area (Å²) in [5.74, 6) is 0. The SMILES string of the molecule is CC(C)(C)c1cc(-c2nccc3c(C(C)(C)C)c(-c4ccc(-c5ccc(CC(C)(C)C(F)(F)F)cc5)cc4)sc23)cc2ccccc12. The van der Waals surface area contributed by atoms with Gasteiger partial charge in [-0.05, 0) is 79.6 Å². The number of fused-ring (bicyclic) bond motifs is 2. The number of nitrogens with zero attached hydrogens (tertiary/aromatic N) is 1. The van der Waals surface area contributed by atoms with Crippen LogP contribution < -0.4 is 0 Å². The second kappa shape index (κ2) is 11.6. The molecule has 0 aliphatic rings. The van der Waals surface area contributed by atoms with Gasteiger partial charge in [-0.1, -0.05) is 128 Å². The second-order valence-electron chi connectivity index (χ2n) is 15.4. The van der Waals surface area contributed by atoms with Crippen molar-refractivity contribution in [1.82, 2.24) is 4.98 Å². The van der Waals surface area contributed by atoms with Crippen molar-refractivity contribution >= 4 is 32.2 Å². The van der Waals surface area contributed by atoms with Crippen molar-refractivity contribution in [3.63, 3.8) is 0 Å². The Bertz CT molecular complexity index is 2070. The Balaban J connectivity index is 1.41. The summed E-state index contributed by atoms with van der Waals surface area (Å²) in [6.07, 6.45) is -2.36. The van der Waals surface area contributed by atoms with Crippen LogP contribution >= 0.6 is 11.3 Å². The van der Waals surface area contributed by atoms with E-state index in [2.05, 4.69) is 108 Å². The fourth-order valence-corrected chi connectivity index (χ4v) is 8.01. The zero-order valence-corrected chi connectivity index (χ0v) is 29.3. The van der Waals surface area contributed by atoms with Crippen molar-refractivity contribution in [3.8, 4) is 32.8 Å². The fourth-order valence-electron chi connectivity index (χ4n) is 6.48. The molecule has 4 aromatic carbocycles. The summed E-state index contributed by atoms with van der Waals surface area (Å²) in [6.45, 7) is 16.1. The molecule has 6 rings (SSSR count). The third-order valence-electron chi connectivity index (χ3n) is 9.15. The van der Waals surface area contributed by atoms with Crippen LogP contribution in [0.25, 0.3) is 53.7 Å². The highest BCUT2D eigenvalue weighted by molar-refractivity contribution is 7.23. The van der Waals surface area contributed by atoms with Gasteiger partial charge in [-0.3, -0.25) is 4.98 Å². The van der Waals surface area contributed by atoms with Gasteiger partial charge in [-0.15, -0.1) is 11.3 Å². The third-order valence-corrected chi connectivity index (χ3v) is 10.4. The first-order valence-corrected chi connectivity index (χ1v) is 17.0. The first kappa shape index (κ1) is 33.0. The standard InChI is InChI=1S/C42H42F3NS/c1-39(2,3)34-24-31(23-30-11-9-10-12-32(30)34)36-38-33(21-22-46-36)35(40(4,5)6)37(47-38)29-19-17-28(18-20-29)27-15-13-26(14-16-27)25-41(7,8)42(43,44)45/h9-24H,25H2,1-8H3. The molecule has 47 heavy (non-hydrogen) atoms. The van der Waals surface area contributed by atoms with Crippen LogP contribution in [0.1, 0.15) is 72.1 Å².